The number of amides is 2. The summed E-state index contributed by atoms with van der Waals surface area (Å²) in [6, 6.07) is 0. The second-order valence-corrected chi connectivity index (χ2v) is 4.44. The highest BCUT2D eigenvalue weighted by molar-refractivity contribution is 7.55. The maximum absolute atomic E-state index is 11.1. The maximum atomic E-state index is 11.1. The molecule has 2 amide bonds. The van der Waals surface area contributed by atoms with Crippen molar-refractivity contribution in [1.82, 2.24) is 0 Å². The first-order chi connectivity index (χ1) is 9.65. The molecule has 0 radical (unpaired) electrons. The molecule has 0 aromatic carbocycles. The average molecular weight is 324 g/mol. The lowest BCUT2D eigenvalue weighted by molar-refractivity contribution is -0.00824. The lowest BCUT2D eigenvalue weighted by Crippen LogP contribution is -2.35. The van der Waals surface area contributed by atoms with Gasteiger partial charge in [0.2, 0.25) is 22.9 Å². The van der Waals surface area contributed by atoms with Crippen molar-refractivity contribution in [3.63, 3.8) is 0 Å². The normalized spacial score (nSPS) is 31.0. The highest BCUT2D eigenvalue weighted by Crippen LogP contribution is 2.30. The summed E-state index contributed by atoms with van der Waals surface area (Å²) in [5.41, 5.74) is 0. The number of hydrogen-bond acceptors (Lipinski definition) is 8. The van der Waals surface area contributed by atoms with Crippen LogP contribution >= 0.6 is 0 Å². The van der Waals surface area contributed by atoms with Gasteiger partial charge < -0.3 is 18.9 Å². The van der Waals surface area contributed by atoms with Crippen LogP contribution in [-0.2, 0) is 41.9 Å². The standard InChI is InChI=1S/C8H8N2O8S2/c11-7(9-19-13)17-3-1-15-6-4(2-16-5(3)6)18-8(12)10-20-14/h3-6H,1-2H2/t3-,4+,5-,6-/m1/s1. The number of fused-ring (bicyclic) bond motifs is 1. The zero-order chi connectivity index (χ0) is 14.5. The predicted molar refractivity (Wildman–Crippen MR) is 61.2 cm³/mol. The molecule has 10 nitrogen and oxygen atoms in total. The van der Waals surface area contributed by atoms with E-state index in [0.29, 0.717) is 0 Å². The number of carbonyl (C=O) groups is 2. The second kappa shape index (κ2) is 6.78. The van der Waals surface area contributed by atoms with Crippen LogP contribution < -0.4 is 0 Å². The number of rotatable bonds is 2. The Balaban J connectivity index is 1.93. The lowest BCUT2D eigenvalue weighted by Gasteiger charge is -2.15. The topological polar surface area (TPSA) is 130 Å². The highest BCUT2D eigenvalue weighted by Gasteiger charge is 2.51. The van der Waals surface area contributed by atoms with Gasteiger partial charge in [0.15, 0.2) is 12.2 Å². The molecule has 2 rings (SSSR count). The summed E-state index contributed by atoms with van der Waals surface area (Å²) in [6.07, 6.45) is -4.77. The molecule has 0 aromatic rings. The quantitative estimate of drug-likeness (QED) is 0.670. The van der Waals surface area contributed by atoms with Crippen LogP contribution in [0.25, 0.3) is 0 Å². The van der Waals surface area contributed by atoms with Crippen LogP contribution in [0.5, 0.6) is 0 Å². The molecule has 12 heteroatoms. The Bertz CT molecular complexity index is 469. The van der Waals surface area contributed by atoms with Crippen molar-refractivity contribution in [3.05, 3.63) is 0 Å². The lowest BCUT2D eigenvalue weighted by atomic mass is 10.1. The van der Waals surface area contributed by atoms with E-state index in [1.165, 1.54) is 0 Å². The summed E-state index contributed by atoms with van der Waals surface area (Å²) in [7, 11) is 0. The molecule has 0 aromatic heterocycles. The zero-order valence-corrected chi connectivity index (χ0v) is 11.3. The van der Waals surface area contributed by atoms with Crippen molar-refractivity contribution < 1.29 is 37.0 Å². The molecule has 0 unspecified atom stereocenters. The molecular weight excluding hydrogens is 316 g/mol. The Labute approximate surface area is 119 Å². The Morgan fingerprint density at radius 3 is 1.65 bits per heavy atom. The third-order valence-corrected chi connectivity index (χ3v) is 3.14. The Kier molecular flexibility index (Phi) is 5.05. The van der Waals surface area contributed by atoms with Gasteiger partial charge in [-0.3, -0.25) is 0 Å². The van der Waals surface area contributed by atoms with E-state index < -0.39 is 36.6 Å². The van der Waals surface area contributed by atoms with Gasteiger partial charge in [0.25, 0.3) is 0 Å². The molecule has 2 heterocycles. The van der Waals surface area contributed by atoms with E-state index in [9.17, 15) is 18.0 Å². The van der Waals surface area contributed by atoms with Gasteiger partial charge in [0.05, 0.1) is 13.2 Å². The highest BCUT2D eigenvalue weighted by atomic mass is 32.1. The molecule has 0 bridgehead atoms. The van der Waals surface area contributed by atoms with Crippen LogP contribution in [0.2, 0.25) is 0 Å². The van der Waals surface area contributed by atoms with Gasteiger partial charge in [-0.15, -0.1) is 0 Å². The zero-order valence-electron chi connectivity index (χ0n) is 9.70. The number of carbonyl (C=O) groups excluding carboxylic acids is 2. The molecule has 20 heavy (non-hydrogen) atoms. The van der Waals surface area contributed by atoms with Crippen molar-refractivity contribution >= 4 is 35.1 Å². The Morgan fingerprint density at radius 2 is 1.30 bits per heavy atom. The molecule has 0 saturated carbocycles. The molecule has 110 valence electrons. The van der Waals surface area contributed by atoms with Gasteiger partial charge in [-0.25, -0.2) is 9.59 Å². The number of nitrogens with zero attached hydrogens (tertiary/aromatic N) is 2. The van der Waals surface area contributed by atoms with Crippen molar-refractivity contribution in [2.75, 3.05) is 13.2 Å². The van der Waals surface area contributed by atoms with Crippen LogP contribution in [0, 0.1) is 0 Å². The van der Waals surface area contributed by atoms with E-state index >= 15 is 0 Å². The summed E-state index contributed by atoms with van der Waals surface area (Å²) >= 11 is -0.524. The van der Waals surface area contributed by atoms with E-state index in [2.05, 4.69) is 8.73 Å². The molecule has 2 aliphatic rings. The monoisotopic (exact) mass is 324 g/mol. The summed E-state index contributed by atoms with van der Waals surface area (Å²) in [4.78, 5) is 22.1. The van der Waals surface area contributed by atoms with Crippen LogP contribution in [-0.4, -0.2) is 58.2 Å². The smallest absolute Gasteiger partial charge is 0.439 e. The Morgan fingerprint density at radius 1 is 0.900 bits per heavy atom. The third-order valence-electron chi connectivity index (χ3n) is 2.69. The van der Waals surface area contributed by atoms with Crippen LogP contribution in [0.4, 0.5) is 9.59 Å². The van der Waals surface area contributed by atoms with E-state index in [4.69, 9.17) is 18.9 Å². The van der Waals surface area contributed by atoms with Crippen molar-refractivity contribution in [1.29, 1.82) is 0 Å². The van der Waals surface area contributed by atoms with Gasteiger partial charge in [0.1, 0.15) is 12.2 Å². The minimum Gasteiger partial charge on any atom is -0.439 e. The van der Waals surface area contributed by atoms with Gasteiger partial charge in [-0.2, -0.15) is 8.42 Å². The van der Waals surface area contributed by atoms with E-state index in [-0.39, 0.29) is 36.1 Å². The van der Waals surface area contributed by atoms with E-state index in [1.807, 2.05) is 0 Å². The first-order valence-corrected chi connectivity index (χ1v) is 6.70. The van der Waals surface area contributed by atoms with Gasteiger partial charge >= 0.3 is 12.2 Å². The van der Waals surface area contributed by atoms with Crippen molar-refractivity contribution in [2.45, 2.75) is 24.4 Å². The summed E-state index contributed by atoms with van der Waals surface area (Å²) < 4.78 is 46.4. The fraction of sp³-hybridized carbons (Fsp3) is 0.750. The van der Waals surface area contributed by atoms with E-state index in [0.717, 1.165) is 0 Å². The van der Waals surface area contributed by atoms with E-state index in [1.54, 1.807) is 0 Å². The molecule has 2 aliphatic heterocycles. The average Bonchev–Trinajstić information content (AvgIpc) is 2.95. The second-order valence-electron chi connectivity index (χ2n) is 3.77. The number of hydrogen-bond donors (Lipinski definition) is 0. The minimum atomic E-state index is -1.03. The van der Waals surface area contributed by atoms with Gasteiger partial charge in [-0.1, -0.05) is 8.73 Å². The third kappa shape index (κ3) is 3.33. The SMILES string of the molecule is O=S=NC(=O)O[C@H]1CO[C@H]2[C@@H]1OC[C@H]2OC(=O)N=S=O. The van der Waals surface area contributed by atoms with Gasteiger partial charge in [0, 0.05) is 0 Å². The fourth-order valence-electron chi connectivity index (χ4n) is 1.99. The summed E-state index contributed by atoms with van der Waals surface area (Å²) in [5, 5.41) is 0. The summed E-state index contributed by atoms with van der Waals surface area (Å²) in [5.74, 6) is 0. The summed E-state index contributed by atoms with van der Waals surface area (Å²) in [6.45, 7) is 0.0588. The molecule has 0 aliphatic carbocycles. The van der Waals surface area contributed by atoms with Crippen LogP contribution in [0.1, 0.15) is 0 Å². The maximum Gasteiger partial charge on any atom is 0.447 e. The first-order valence-electron chi connectivity index (χ1n) is 5.30. The van der Waals surface area contributed by atoms with Crippen LogP contribution in [0.3, 0.4) is 0 Å². The number of ether oxygens (including phenoxy) is 4. The Hall–Kier alpha value is -1.50. The molecular formula is C8H8N2O8S2. The molecule has 2 saturated heterocycles. The minimum absolute atomic E-state index is 0.0294. The fourth-order valence-corrected chi connectivity index (χ4v) is 2.20. The molecule has 0 N–H and O–H groups in total. The van der Waals surface area contributed by atoms with Crippen LogP contribution in [0.15, 0.2) is 8.73 Å². The molecule has 2 fully saturated rings. The molecule has 0 spiro atoms. The molecule has 4 atom stereocenters. The van der Waals surface area contributed by atoms with Gasteiger partial charge in [-0.05, 0) is 0 Å². The largest absolute Gasteiger partial charge is 0.447 e. The first kappa shape index (κ1) is 14.9. The van der Waals surface area contributed by atoms with Crippen molar-refractivity contribution in [2.24, 2.45) is 8.73 Å². The predicted octanol–water partition coefficient (Wildman–Crippen LogP) is -0.412. The van der Waals surface area contributed by atoms with Crippen molar-refractivity contribution in [3.8, 4) is 0 Å².